The van der Waals surface area contributed by atoms with Crippen molar-refractivity contribution in [3.8, 4) is 0 Å². The van der Waals surface area contributed by atoms with E-state index in [1.807, 2.05) is 13.8 Å². The summed E-state index contributed by atoms with van der Waals surface area (Å²) in [6.45, 7) is 3.79. The van der Waals surface area contributed by atoms with Gasteiger partial charge in [-0.2, -0.15) is 0 Å². The molecular weight excluding hydrogens is 292 g/mol. The predicted octanol–water partition coefficient (Wildman–Crippen LogP) is 1.79. The molecule has 6 nitrogen and oxygen atoms in total. The molecule has 1 heterocycles. The van der Waals surface area contributed by atoms with E-state index in [4.69, 9.17) is 0 Å². The van der Waals surface area contributed by atoms with Crippen LogP contribution in [-0.2, 0) is 14.6 Å². The summed E-state index contributed by atoms with van der Waals surface area (Å²) < 4.78 is 23.1. The third-order valence-corrected chi connectivity index (χ3v) is 5.40. The summed E-state index contributed by atoms with van der Waals surface area (Å²) in [6.07, 6.45) is 1.15. The van der Waals surface area contributed by atoms with Crippen molar-refractivity contribution in [1.82, 2.24) is 9.97 Å². The molecule has 1 saturated carbocycles. The fraction of sp³-hybridized carbons (Fsp3) is 0.429. The van der Waals surface area contributed by atoms with E-state index in [0.29, 0.717) is 16.9 Å². The molecule has 1 aromatic heterocycles. The zero-order valence-electron chi connectivity index (χ0n) is 11.9. The maximum atomic E-state index is 11.6. The molecule has 0 radical (unpaired) electrons. The largest absolute Gasteiger partial charge is 0.481 e. The molecule has 1 aromatic carbocycles. The van der Waals surface area contributed by atoms with Crippen molar-refractivity contribution in [2.45, 2.75) is 24.7 Å². The number of rotatable bonds is 3. The third kappa shape index (κ3) is 2.12. The van der Waals surface area contributed by atoms with Gasteiger partial charge in [0.1, 0.15) is 5.82 Å². The lowest BCUT2D eigenvalue weighted by molar-refractivity contribution is -0.139. The fourth-order valence-electron chi connectivity index (χ4n) is 3.00. The quantitative estimate of drug-likeness (QED) is 0.900. The molecule has 112 valence electrons. The molecule has 2 N–H and O–H groups in total. The van der Waals surface area contributed by atoms with Crippen molar-refractivity contribution >= 4 is 26.8 Å². The highest BCUT2D eigenvalue weighted by molar-refractivity contribution is 7.90. The van der Waals surface area contributed by atoms with Gasteiger partial charge in [0.25, 0.3) is 0 Å². The maximum Gasteiger partial charge on any atom is 0.307 e. The molecule has 7 heteroatoms. The minimum atomic E-state index is -3.28. The van der Waals surface area contributed by atoms with Crippen LogP contribution < -0.4 is 0 Å². The van der Waals surface area contributed by atoms with Crippen molar-refractivity contribution in [3.05, 3.63) is 24.0 Å². The molecule has 0 saturated heterocycles. The molecule has 0 amide bonds. The van der Waals surface area contributed by atoms with Crippen LogP contribution in [0.1, 0.15) is 25.6 Å². The lowest BCUT2D eigenvalue weighted by Crippen LogP contribution is -2.03. The van der Waals surface area contributed by atoms with Crippen LogP contribution in [0.2, 0.25) is 0 Å². The molecule has 0 bridgehead atoms. The Balaban J connectivity index is 2.05. The second kappa shape index (κ2) is 4.07. The average Bonchev–Trinajstić information content (AvgIpc) is 2.75. The third-order valence-electron chi connectivity index (χ3n) is 4.29. The summed E-state index contributed by atoms with van der Waals surface area (Å²) >= 11 is 0. The van der Waals surface area contributed by atoms with Gasteiger partial charge in [-0.1, -0.05) is 13.8 Å². The van der Waals surface area contributed by atoms with E-state index >= 15 is 0 Å². The molecule has 0 aliphatic heterocycles. The van der Waals surface area contributed by atoms with Gasteiger partial charge in [-0.3, -0.25) is 4.79 Å². The van der Waals surface area contributed by atoms with Gasteiger partial charge in [0.15, 0.2) is 9.84 Å². The number of benzene rings is 1. The number of carboxylic acid groups (broad SMARTS) is 1. The minimum Gasteiger partial charge on any atom is -0.481 e. The molecule has 2 unspecified atom stereocenters. The number of aromatic amines is 1. The first-order valence-corrected chi connectivity index (χ1v) is 8.44. The zero-order chi connectivity index (χ0) is 15.6. The number of H-pyrrole nitrogens is 1. The number of sulfone groups is 1. The van der Waals surface area contributed by atoms with Gasteiger partial charge in [-0.05, 0) is 23.6 Å². The lowest BCUT2D eigenvalue weighted by Gasteiger charge is -1.97. The SMILES string of the molecule is CC1(C)C(C(=O)O)C1c1nc2ccc(S(C)(=O)=O)cc2[nH]1. The standard InChI is InChI=1S/C14H16N2O4S/c1-14(2)10(11(14)13(17)18)12-15-8-5-4-7(21(3,19)20)6-9(8)16-12/h4-6,10-11H,1-3H3,(H,15,16)(H,17,18). The predicted molar refractivity (Wildman–Crippen MR) is 76.9 cm³/mol. The van der Waals surface area contributed by atoms with Crippen LogP contribution >= 0.6 is 0 Å². The summed E-state index contributed by atoms with van der Waals surface area (Å²) in [4.78, 5) is 18.9. The summed E-state index contributed by atoms with van der Waals surface area (Å²) in [5.41, 5.74) is 0.906. The van der Waals surface area contributed by atoms with Crippen LogP contribution in [0.25, 0.3) is 11.0 Å². The first-order chi connectivity index (χ1) is 9.62. The average molecular weight is 308 g/mol. The number of imidazole rings is 1. The number of carbonyl (C=O) groups is 1. The molecule has 1 fully saturated rings. The van der Waals surface area contributed by atoms with Crippen molar-refractivity contribution in [2.75, 3.05) is 6.26 Å². The fourth-order valence-corrected chi connectivity index (χ4v) is 3.64. The van der Waals surface area contributed by atoms with Gasteiger partial charge in [-0.15, -0.1) is 0 Å². The molecular formula is C14H16N2O4S. The van der Waals surface area contributed by atoms with Crippen LogP contribution in [-0.4, -0.2) is 35.7 Å². The maximum absolute atomic E-state index is 11.6. The van der Waals surface area contributed by atoms with Gasteiger partial charge >= 0.3 is 5.97 Å². The number of carboxylic acids is 1. The van der Waals surface area contributed by atoms with Crippen LogP contribution in [0, 0.1) is 11.3 Å². The first kappa shape index (κ1) is 14.1. The molecule has 3 rings (SSSR count). The second-order valence-corrected chi connectivity index (χ2v) is 8.20. The van der Waals surface area contributed by atoms with Gasteiger partial charge in [-0.25, -0.2) is 13.4 Å². The highest BCUT2D eigenvalue weighted by Gasteiger charge is 2.64. The monoisotopic (exact) mass is 308 g/mol. The van der Waals surface area contributed by atoms with Crippen molar-refractivity contribution in [3.63, 3.8) is 0 Å². The van der Waals surface area contributed by atoms with E-state index in [9.17, 15) is 18.3 Å². The highest BCUT2D eigenvalue weighted by Crippen LogP contribution is 2.63. The van der Waals surface area contributed by atoms with Crippen LogP contribution in [0.3, 0.4) is 0 Å². The Morgan fingerprint density at radius 1 is 1.38 bits per heavy atom. The normalized spacial score (nSPS) is 24.1. The molecule has 2 atom stereocenters. The van der Waals surface area contributed by atoms with Crippen LogP contribution in [0.15, 0.2) is 23.1 Å². The number of hydrogen-bond donors (Lipinski definition) is 2. The Labute approximate surface area is 122 Å². The number of fused-ring (bicyclic) bond motifs is 1. The zero-order valence-corrected chi connectivity index (χ0v) is 12.7. The number of hydrogen-bond acceptors (Lipinski definition) is 4. The molecule has 2 aromatic rings. The Bertz CT molecular complexity index is 851. The van der Waals surface area contributed by atoms with E-state index in [1.54, 1.807) is 6.07 Å². The van der Waals surface area contributed by atoms with Gasteiger partial charge in [0.2, 0.25) is 0 Å². The van der Waals surface area contributed by atoms with E-state index in [0.717, 1.165) is 6.26 Å². The summed E-state index contributed by atoms with van der Waals surface area (Å²) in [5.74, 6) is -0.869. The second-order valence-electron chi connectivity index (χ2n) is 6.19. The Morgan fingerprint density at radius 2 is 2.05 bits per heavy atom. The van der Waals surface area contributed by atoms with Crippen LogP contribution in [0.5, 0.6) is 0 Å². The Kier molecular flexibility index (Phi) is 2.72. The summed E-state index contributed by atoms with van der Waals surface area (Å²) in [5, 5.41) is 9.23. The van der Waals surface area contributed by atoms with Gasteiger partial charge in [0.05, 0.1) is 21.8 Å². The summed E-state index contributed by atoms with van der Waals surface area (Å²) in [7, 11) is -3.28. The van der Waals surface area contributed by atoms with E-state index < -0.39 is 21.7 Å². The van der Waals surface area contributed by atoms with E-state index in [2.05, 4.69) is 9.97 Å². The van der Waals surface area contributed by atoms with Gasteiger partial charge in [0, 0.05) is 12.2 Å². The van der Waals surface area contributed by atoms with Crippen molar-refractivity contribution in [2.24, 2.45) is 11.3 Å². The van der Waals surface area contributed by atoms with Crippen LogP contribution in [0.4, 0.5) is 0 Å². The summed E-state index contributed by atoms with van der Waals surface area (Å²) in [6, 6.07) is 4.68. The Hall–Kier alpha value is -1.89. The highest BCUT2D eigenvalue weighted by atomic mass is 32.2. The topological polar surface area (TPSA) is 100 Å². The molecule has 1 aliphatic carbocycles. The minimum absolute atomic E-state index is 0.177. The van der Waals surface area contributed by atoms with E-state index in [1.165, 1.54) is 12.1 Å². The smallest absolute Gasteiger partial charge is 0.307 e. The van der Waals surface area contributed by atoms with Crippen molar-refractivity contribution in [1.29, 1.82) is 0 Å². The molecule has 1 aliphatic rings. The Morgan fingerprint density at radius 3 is 2.57 bits per heavy atom. The number of nitrogens with zero attached hydrogens (tertiary/aromatic N) is 1. The number of aliphatic carboxylic acids is 1. The molecule has 0 spiro atoms. The number of nitrogens with one attached hydrogen (secondary N) is 1. The van der Waals surface area contributed by atoms with Gasteiger partial charge < -0.3 is 10.1 Å². The molecule has 21 heavy (non-hydrogen) atoms. The first-order valence-electron chi connectivity index (χ1n) is 6.55. The van der Waals surface area contributed by atoms with E-state index in [-0.39, 0.29) is 16.2 Å². The number of aromatic nitrogens is 2. The lowest BCUT2D eigenvalue weighted by atomic mass is 10.1. The van der Waals surface area contributed by atoms with Crippen molar-refractivity contribution < 1.29 is 18.3 Å².